The molecule has 194 valence electrons. The zero-order valence-corrected chi connectivity index (χ0v) is 22.7. The number of thioether (sulfide) groups is 1. The summed E-state index contributed by atoms with van der Waals surface area (Å²) in [7, 11) is 5.32. The Bertz CT molecular complexity index is 1160. The van der Waals surface area contributed by atoms with Crippen molar-refractivity contribution in [3.63, 3.8) is 0 Å². The standard InChI is InChI=1S/C27H34FN3O3S2/c1-30(2)23-18-29-22-7-6-19(34-3)17-20(22)25(23)21(28)8-9-27(26(32)33)10-12-31(13-11-27)14-16-36-24-5-4-15-35-24/h4-7,15,17-18,21H,8-14,16H2,1-3H3,(H,32,33)/t21-/m1/s1. The van der Waals surface area contributed by atoms with Crippen LogP contribution in [0.15, 0.2) is 46.1 Å². The van der Waals surface area contributed by atoms with Crippen LogP contribution >= 0.6 is 23.1 Å². The van der Waals surface area contributed by atoms with Crippen LogP contribution in [0.2, 0.25) is 0 Å². The van der Waals surface area contributed by atoms with E-state index >= 15 is 4.39 Å². The number of pyridine rings is 1. The van der Waals surface area contributed by atoms with Gasteiger partial charge in [-0.15, -0.1) is 23.1 Å². The molecule has 1 saturated heterocycles. The number of thiophene rings is 1. The monoisotopic (exact) mass is 531 g/mol. The molecule has 4 rings (SSSR count). The van der Waals surface area contributed by atoms with Crippen molar-refractivity contribution in [1.29, 1.82) is 0 Å². The van der Waals surface area contributed by atoms with Crippen molar-refractivity contribution in [1.82, 2.24) is 9.88 Å². The van der Waals surface area contributed by atoms with Gasteiger partial charge in [0.15, 0.2) is 0 Å². The Balaban J connectivity index is 1.44. The van der Waals surface area contributed by atoms with Crippen LogP contribution in [0.3, 0.4) is 0 Å². The number of nitrogens with zero attached hydrogens (tertiary/aromatic N) is 3. The van der Waals surface area contributed by atoms with Crippen LogP contribution in [-0.4, -0.2) is 67.6 Å². The maximum Gasteiger partial charge on any atom is 0.309 e. The van der Waals surface area contributed by atoms with Gasteiger partial charge in [-0.2, -0.15) is 0 Å². The summed E-state index contributed by atoms with van der Waals surface area (Å²) >= 11 is 3.58. The number of aromatic nitrogens is 1. The van der Waals surface area contributed by atoms with Gasteiger partial charge in [0.2, 0.25) is 0 Å². The van der Waals surface area contributed by atoms with Crippen molar-refractivity contribution < 1.29 is 19.0 Å². The molecular weight excluding hydrogens is 497 g/mol. The minimum atomic E-state index is -1.31. The van der Waals surface area contributed by atoms with Gasteiger partial charge in [-0.05, 0) is 68.4 Å². The second kappa shape index (κ2) is 11.8. The quantitative estimate of drug-likeness (QED) is 0.299. The predicted octanol–water partition coefficient (Wildman–Crippen LogP) is 6.12. The third kappa shape index (κ3) is 5.95. The molecule has 0 spiro atoms. The lowest BCUT2D eigenvalue weighted by molar-refractivity contribution is -0.153. The van der Waals surface area contributed by atoms with Gasteiger partial charge in [0.1, 0.15) is 11.9 Å². The van der Waals surface area contributed by atoms with E-state index in [1.54, 1.807) is 24.6 Å². The minimum Gasteiger partial charge on any atom is -0.497 e. The molecule has 0 bridgehead atoms. The first-order chi connectivity index (χ1) is 17.3. The molecule has 0 unspecified atom stereocenters. The molecular formula is C27H34FN3O3S2. The summed E-state index contributed by atoms with van der Waals surface area (Å²) in [6, 6.07) is 9.64. The molecule has 6 nitrogen and oxygen atoms in total. The number of halogens is 1. The van der Waals surface area contributed by atoms with Gasteiger partial charge in [0.05, 0.1) is 34.1 Å². The highest BCUT2D eigenvalue weighted by atomic mass is 32.2. The maximum atomic E-state index is 16.0. The number of benzene rings is 1. The first-order valence-corrected chi connectivity index (χ1v) is 14.1. The molecule has 1 atom stereocenters. The number of fused-ring (bicyclic) bond motifs is 1. The zero-order valence-electron chi connectivity index (χ0n) is 21.1. The molecule has 1 fully saturated rings. The molecule has 1 aliphatic rings. The fourth-order valence-electron chi connectivity index (χ4n) is 4.94. The molecule has 1 aromatic carbocycles. The van der Waals surface area contributed by atoms with Crippen LogP contribution in [0.5, 0.6) is 5.75 Å². The van der Waals surface area contributed by atoms with Gasteiger partial charge in [-0.25, -0.2) is 4.39 Å². The Kier molecular flexibility index (Phi) is 8.74. The molecule has 9 heteroatoms. The summed E-state index contributed by atoms with van der Waals surface area (Å²) in [6.07, 6.45) is 1.93. The summed E-state index contributed by atoms with van der Waals surface area (Å²) in [5.41, 5.74) is 1.06. The Hall–Kier alpha value is -2.36. The number of hydrogen-bond acceptors (Lipinski definition) is 7. The molecule has 2 aromatic heterocycles. The summed E-state index contributed by atoms with van der Waals surface area (Å²) in [6.45, 7) is 2.39. The number of piperidine rings is 1. The lowest BCUT2D eigenvalue weighted by Gasteiger charge is -2.39. The minimum absolute atomic E-state index is 0.150. The van der Waals surface area contributed by atoms with Crippen LogP contribution in [0, 0.1) is 5.41 Å². The number of carbonyl (C=O) groups is 1. The zero-order chi connectivity index (χ0) is 25.7. The SMILES string of the molecule is COc1ccc2ncc(N(C)C)c([C@H](F)CCC3(C(=O)O)CCN(CCSc4cccs4)CC3)c2c1. The van der Waals surface area contributed by atoms with Crippen molar-refractivity contribution in [3.8, 4) is 5.75 Å². The van der Waals surface area contributed by atoms with E-state index in [-0.39, 0.29) is 6.42 Å². The predicted molar refractivity (Wildman–Crippen MR) is 146 cm³/mol. The number of rotatable bonds is 11. The smallest absolute Gasteiger partial charge is 0.309 e. The number of anilines is 1. The Morgan fingerprint density at radius 3 is 2.75 bits per heavy atom. The van der Waals surface area contributed by atoms with Crippen LogP contribution in [0.25, 0.3) is 10.9 Å². The first-order valence-electron chi connectivity index (χ1n) is 12.2. The van der Waals surface area contributed by atoms with Crippen molar-refractivity contribution in [2.24, 2.45) is 5.41 Å². The highest BCUT2D eigenvalue weighted by molar-refractivity contribution is 8.01. The van der Waals surface area contributed by atoms with E-state index in [0.717, 1.165) is 25.4 Å². The van der Waals surface area contributed by atoms with Crippen molar-refractivity contribution in [2.75, 3.05) is 51.5 Å². The van der Waals surface area contributed by atoms with Gasteiger partial charge in [0, 0.05) is 37.3 Å². The third-order valence-electron chi connectivity index (χ3n) is 7.18. The van der Waals surface area contributed by atoms with Gasteiger partial charge < -0.3 is 19.6 Å². The van der Waals surface area contributed by atoms with Crippen molar-refractivity contribution in [3.05, 3.63) is 47.5 Å². The van der Waals surface area contributed by atoms with Gasteiger partial charge >= 0.3 is 5.97 Å². The lowest BCUT2D eigenvalue weighted by Crippen LogP contribution is -2.45. The highest BCUT2D eigenvalue weighted by Crippen LogP contribution is 2.43. The molecule has 36 heavy (non-hydrogen) atoms. The van der Waals surface area contributed by atoms with Crippen LogP contribution < -0.4 is 9.64 Å². The van der Waals surface area contributed by atoms with E-state index in [2.05, 4.69) is 27.4 Å². The highest BCUT2D eigenvalue weighted by Gasteiger charge is 2.41. The molecule has 3 heterocycles. The third-order valence-corrected chi connectivity index (χ3v) is 9.29. The molecule has 0 radical (unpaired) electrons. The van der Waals surface area contributed by atoms with Crippen LogP contribution in [0.1, 0.15) is 37.4 Å². The van der Waals surface area contributed by atoms with E-state index in [1.165, 1.54) is 4.21 Å². The van der Waals surface area contributed by atoms with Crippen molar-refractivity contribution >= 4 is 45.7 Å². The molecule has 0 saturated carbocycles. The second-order valence-electron chi connectivity index (χ2n) is 9.55. The van der Waals surface area contributed by atoms with E-state index < -0.39 is 17.6 Å². The number of hydrogen-bond donors (Lipinski definition) is 1. The van der Waals surface area contributed by atoms with E-state index in [1.807, 2.05) is 49.0 Å². The van der Waals surface area contributed by atoms with Crippen LogP contribution in [-0.2, 0) is 4.79 Å². The van der Waals surface area contributed by atoms with Gasteiger partial charge in [0.25, 0.3) is 0 Å². The summed E-state index contributed by atoms with van der Waals surface area (Å²) < 4.78 is 22.7. The molecule has 1 aliphatic heterocycles. The summed E-state index contributed by atoms with van der Waals surface area (Å²) in [4.78, 5) is 21.1. The van der Waals surface area contributed by atoms with E-state index in [9.17, 15) is 9.90 Å². The number of aliphatic carboxylic acids is 1. The topological polar surface area (TPSA) is 65.9 Å². The van der Waals surface area contributed by atoms with Gasteiger partial charge in [-0.1, -0.05) is 6.07 Å². The molecule has 0 amide bonds. The number of likely N-dealkylation sites (tertiary alicyclic amines) is 1. The molecule has 1 N–H and O–H groups in total. The molecule has 0 aliphatic carbocycles. The van der Waals surface area contributed by atoms with E-state index in [4.69, 9.17) is 4.74 Å². The first kappa shape index (κ1) is 26.7. The summed E-state index contributed by atoms with van der Waals surface area (Å²) in [5.74, 6) is 0.815. The largest absolute Gasteiger partial charge is 0.497 e. The Labute approximate surface area is 220 Å². The Morgan fingerprint density at radius 2 is 2.11 bits per heavy atom. The van der Waals surface area contributed by atoms with E-state index in [0.29, 0.717) is 47.2 Å². The number of carboxylic acid groups (broad SMARTS) is 1. The van der Waals surface area contributed by atoms with Crippen molar-refractivity contribution in [2.45, 2.75) is 36.1 Å². The number of ether oxygens (including phenoxy) is 1. The summed E-state index contributed by atoms with van der Waals surface area (Å²) in [5, 5.41) is 12.9. The average molecular weight is 532 g/mol. The Morgan fingerprint density at radius 1 is 1.33 bits per heavy atom. The van der Waals surface area contributed by atoms with Gasteiger partial charge in [-0.3, -0.25) is 9.78 Å². The normalized spacial score (nSPS) is 16.7. The maximum absolute atomic E-state index is 16.0. The van der Waals surface area contributed by atoms with Crippen LogP contribution in [0.4, 0.5) is 10.1 Å². The fourth-order valence-corrected chi connectivity index (χ4v) is 6.80. The average Bonchev–Trinajstić information content (AvgIpc) is 3.40. The second-order valence-corrected chi connectivity index (χ2v) is 11.9. The molecule has 3 aromatic rings. The lowest BCUT2D eigenvalue weighted by atomic mass is 9.74. The number of carboxylic acids is 1. The number of methoxy groups -OCH3 is 1. The number of alkyl halides is 1. The fraction of sp³-hybridized carbons (Fsp3) is 0.481.